The molecule has 0 aromatic carbocycles. The Bertz CT molecular complexity index is 667. The monoisotopic (exact) mass is 300 g/mol. The second-order valence-electron chi connectivity index (χ2n) is 7.24. The van der Waals surface area contributed by atoms with E-state index in [-0.39, 0.29) is 10.8 Å². The van der Waals surface area contributed by atoms with Crippen LogP contribution in [0.3, 0.4) is 0 Å². The number of aliphatic carboxylic acids is 1. The van der Waals surface area contributed by atoms with E-state index in [1.807, 2.05) is 40.7 Å². The molecule has 0 bridgehead atoms. The summed E-state index contributed by atoms with van der Waals surface area (Å²) >= 11 is 0. The lowest BCUT2D eigenvalue weighted by molar-refractivity contribution is -0.145. The minimum Gasteiger partial charge on any atom is -0.481 e. The van der Waals surface area contributed by atoms with Gasteiger partial charge in [0.15, 0.2) is 0 Å². The third-order valence-corrected chi connectivity index (χ3v) is 5.59. The second-order valence-corrected chi connectivity index (χ2v) is 7.24. The van der Waals surface area contributed by atoms with Gasteiger partial charge in [0.2, 0.25) is 0 Å². The fourth-order valence-corrected chi connectivity index (χ4v) is 4.10. The van der Waals surface area contributed by atoms with Crippen molar-refractivity contribution in [1.82, 2.24) is 0 Å². The molecule has 0 aliphatic heterocycles. The highest BCUT2D eigenvalue weighted by Crippen LogP contribution is 2.80. The van der Waals surface area contributed by atoms with Gasteiger partial charge in [0.05, 0.1) is 18.1 Å². The molecule has 118 valence electrons. The maximum Gasteiger partial charge on any atom is 0.311 e. The molecule has 0 amide bonds. The fraction of sp³-hybridized carbons (Fsp3) is 0.526. The summed E-state index contributed by atoms with van der Waals surface area (Å²) in [5.74, 6) is 2.49. The zero-order chi connectivity index (χ0) is 16.8. The highest BCUT2D eigenvalue weighted by Gasteiger charge is 2.82. The van der Waals surface area contributed by atoms with Gasteiger partial charge in [0.25, 0.3) is 0 Å². The maximum absolute atomic E-state index is 12.1. The molecule has 1 heterocycles. The Balaban J connectivity index is 2.41. The van der Waals surface area contributed by atoms with Crippen LogP contribution in [0, 0.1) is 28.6 Å². The summed E-state index contributed by atoms with van der Waals surface area (Å²) in [4.78, 5) is 12.1. The van der Waals surface area contributed by atoms with Gasteiger partial charge in [-0.1, -0.05) is 38.3 Å². The van der Waals surface area contributed by atoms with Gasteiger partial charge in [-0.05, 0) is 37.3 Å². The van der Waals surface area contributed by atoms with E-state index in [9.17, 15) is 9.90 Å². The summed E-state index contributed by atoms with van der Waals surface area (Å²) < 4.78 is 5.43. The van der Waals surface area contributed by atoms with E-state index < -0.39 is 11.4 Å². The molecule has 1 aliphatic carbocycles. The number of rotatable bonds is 5. The van der Waals surface area contributed by atoms with Crippen molar-refractivity contribution in [2.75, 3.05) is 0 Å². The second kappa shape index (κ2) is 5.05. The van der Waals surface area contributed by atoms with E-state index in [0.29, 0.717) is 18.6 Å². The molecule has 0 spiro atoms. The van der Waals surface area contributed by atoms with Crippen LogP contribution in [0.2, 0.25) is 0 Å². The number of hydrogen-bond donors (Lipinski definition) is 1. The highest BCUT2D eigenvalue weighted by molar-refractivity contribution is 5.84. The van der Waals surface area contributed by atoms with Crippen LogP contribution < -0.4 is 0 Å². The first-order valence-electron chi connectivity index (χ1n) is 7.51. The third kappa shape index (κ3) is 2.01. The Morgan fingerprint density at radius 3 is 2.55 bits per heavy atom. The van der Waals surface area contributed by atoms with Crippen molar-refractivity contribution < 1.29 is 14.3 Å². The molecule has 0 radical (unpaired) electrons. The molecule has 2 rings (SSSR count). The Morgan fingerprint density at radius 2 is 2.05 bits per heavy atom. The van der Waals surface area contributed by atoms with Crippen LogP contribution in [-0.2, 0) is 17.6 Å². The summed E-state index contributed by atoms with van der Waals surface area (Å²) in [7, 11) is 0. The average molecular weight is 300 g/mol. The number of furan rings is 1. The van der Waals surface area contributed by atoms with Gasteiger partial charge in [-0.2, -0.15) is 0 Å². The van der Waals surface area contributed by atoms with E-state index in [1.165, 1.54) is 0 Å². The number of carbonyl (C=O) groups is 1. The SMILES string of the molecule is C#CCc1cc(CC2(C(=O)O)C(C)(C)C2(C)C=C(C)C)co1. The van der Waals surface area contributed by atoms with Gasteiger partial charge in [-0.15, -0.1) is 6.42 Å². The zero-order valence-electron chi connectivity index (χ0n) is 14.0. The summed E-state index contributed by atoms with van der Waals surface area (Å²) in [6.07, 6.45) is 9.89. The fourth-order valence-electron chi connectivity index (χ4n) is 4.10. The summed E-state index contributed by atoms with van der Waals surface area (Å²) in [5, 5.41) is 9.97. The summed E-state index contributed by atoms with van der Waals surface area (Å²) in [6.45, 7) is 10.1. The van der Waals surface area contributed by atoms with Crippen molar-refractivity contribution in [3.63, 3.8) is 0 Å². The third-order valence-electron chi connectivity index (χ3n) is 5.59. The lowest BCUT2D eigenvalue weighted by atomic mass is 9.87. The Hall–Kier alpha value is -1.95. The summed E-state index contributed by atoms with van der Waals surface area (Å²) in [6, 6.07) is 1.88. The Morgan fingerprint density at radius 1 is 1.41 bits per heavy atom. The van der Waals surface area contributed by atoms with E-state index in [2.05, 4.69) is 12.0 Å². The van der Waals surface area contributed by atoms with Crippen LogP contribution in [0.1, 0.15) is 45.9 Å². The quantitative estimate of drug-likeness (QED) is 0.658. The molecule has 1 aliphatic rings. The Labute approximate surface area is 132 Å². The van der Waals surface area contributed by atoms with Crippen molar-refractivity contribution in [3.05, 3.63) is 35.3 Å². The molecule has 2 unspecified atom stereocenters. The Kier molecular flexibility index (Phi) is 3.77. The van der Waals surface area contributed by atoms with Crippen molar-refractivity contribution in [3.8, 4) is 12.3 Å². The molecule has 0 saturated heterocycles. The number of terminal acetylenes is 1. The minimum absolute atomic E-state index is 0.327. The van der Waals surface area contributed by atoms with Gasteiger partial charge in [0.1, 0.15) is 5.76 Å². The van der Waals surface area contributed by atoms with Crippen LogP contribution in [0.4, 0.5) is 0 Å². The first kappa shape index (κ1) is 16.4. The molecule has 1 fully saturated rings. The van der Waals surface area contributed by atoms with Crippen molar-refractivity contribution in [2.45, 2.75) is 47.5 Å². The van der Waals surface area contributed by atoms with Gasteiger partial charge < -0.3 is 9.52 Å². The van der Waals surface area contributed by atoms with Crippen LogP contribution in [0.15, 0.2) is 28.4 Å². The molecular weight excluding hydrogens is 276 g/mol. The summed E-state index contributed by atoms with van der Waals surface area (Å²) in [5.41, 5.74) is 0.501. The van der Waals surface area contributed by atoms with Gasteiger partial charge in [-0.3, -0.25) is 4.79 Å². The molecule has 2 atom stereocenters. The molecule has 1 saturated carbocycles. The lowest BCUT2D eigenvalue weighted by Gasteiger charge is -2.16. The van der Waals surface area contributed by atoms with Gasteiger partial charge in [0, 0.05) is 5.41 Å². The minimum atomic E-state index is -0.825. The van der Waals surface area contributed by atoms with E-state index in [4.69, 9.17) is 10.8 Å². The van der Waals surface area contributed by atoms with E-state index >= 15 is 0 Å². The normalized spacial score (nSPS) is 28.7. The van der Waals surface area contributed by atoms with Crippen molar-refractivity contribution in [2.24, 2.45) is 16.2 Å². The lowest BCUT2D eigenvalue weighted by Crippen LogP contribution is -2.26. The number of allylic oxidation sites excluding steroid dienone is 2. The topological polar surface area (TPSA) is 50.4 Å². The number of hydrogen-bond acceptors (Lipinski definition) is 2. The van der Waals surface area contributed by atoms with Crippen molar-refractivity contribution >= 4 is 5.97 Å². The zero-order valence-corrected chi connectivity index (χ0v) is 14.0. The van der Waals surface area contributed by atoms with E-state index in [1.54, 1.807) is 6.26 Å². The predicted molar refractivity (Wildman–Crippen MR) is 86.3 cm³/mol. The first-order valence-corrected chi connectivity index (χ1v) is 7.51. The predicted octanol–water partition coefficient (Wildman–Crippen LogP) is 4.08. The largest absolute Gasteiger partial charge is 0.481 e. The average Bonchev–Trinajstić information content (AvgIpc) is 2.70. The van der Waals surface area contributed by atoms with Crippen molar-refractivity contribution in [1.29, 1.82) is 0 Å². The molecule has 1 aromatic heterocycles. The van der Waals surface area contributed by atoms with Crippen LogP contribution in [-0.4, -0.2) is 11.1 Å². The molecule has 1 N–H and O–H groups in total. The van der Waals surface area contributed by atoms with Gasteiger partial charge >= 0.3 is 5.97 Å². The van der Waals surface area contributed by atoms with Crippen LogP contribution in [0.5, 0.6) is 0 Å². The van der Waals surface area contributed by atoms with E-state index in [0.717, 1.165) is 11.1 Å². The van der Waals surface area contributed by atoms with Crippen LogP contribution >= 0.6 is 0 Å². The molecular formula is C19H24O3. The molecule has 1 aromatic rings. The maximum atomic E-state index is 12.1. The molecule has 22 heavy (non-hydrogen) atoms. The first-order chi connectivity index (χ1) is 10.1. The standard InChI is InChI=1S/C19H24O3/c1-7-8-15-9-14(12-22-15)11-19(16(20)21)17(4,5)18(19,6)10-13(2)3/h1,9-10,12H,8,11H2,2-6H3,(H,20,21). The van der Waals surface area contributed by atoms with Gasteiger partial charge in [-0.25, -0.2) is 0 Å². The number of carboxylic acids is 1. The molecule has 3 nitrogen and oxygen atoms in total. The van der Waals surface area contributed by atoms with Crippen LogP contribution in [0.25, 0.3) is 0 Å². The molecule has 3 heteroatoms. The smallest absolute Gasteiger partial charge is 0.311 e. The highest BCUT2D eigenvalue weighted by atomic mass is 16.4. The number of carboxylic acid groups (broad SMARTS) is 1.